The lowest BCUT2D eigenvalue weighted by atomic mass is 10.2. The fourth-order valence-corrected chi connectivity index (χ4v) is 3.43. The standard InChI is InChI=1S/C19H21FN4O5S/c1-4-14(25)7-8-29-18-16(30(27,28)22-2)11-24(3)17(18)19(26)23-13-5-6-15(20)12(9-13)10-21/h5-6,9,11,14,25H,2,4,7-8H2,1,3H3,(H,23,26). The average Bonchev–Trinajstić information content (AvgIpc) is 3.06. The Kier molecular flexibility index (Phi) is 7.31. The number of hydrogen-bond acceptors (Lipinski definition) is 6. The molecule has 0 saturated heterocycles. The number of carbonyl (C=O) groups is 1. The summed E-state index contributed by atoms with van der Waals surface area (Å²) < 4.78 is 47.9. The molecule has 0 spiro atoms. The van der Waals surface area contributed by atoms with Gasteiger partial charge in [0.2, 0.25) is 0 Å². The number of carbonyl (C=O) groups excluding carboxylic acids is 1. The first-order valence-corrected chi connectivity index (χ1v) is 10.3. The quantitative estimate of drug-likeness (QED) is 0.579. The molecule has 1 amide bonds. The van der Waals surface area contributed by atoms with Gasteiger partial charge in [0.15, 0.2) is 11.4 Å². The average molecular weight is 436 g/mol. The Morgan fingerprint density at radius 2 is 2.20 bits per heavy atom. The zero-order valence-corrected chi connectivity index (χ0v) is 17.2. The van der Waals surface area contributed by atoms with Crippen molar-refractivity contribution in [1.82, 2.24) is 4.57 Å². The minimum atomic E-state index is -4.18. The minimum absolute atomic E-state index is 0.0475. The van der Waals surface area contributed by atoms with Gasteiger partial charge in [0.05, 0.1) is 18.3 Å². The van der Waals surface area contributed by atoms with Crippen molar-refractivity contribution in [2.24, 2.45) is 11.4 Å². The summed E-state index contributed by atoms with van der Waals surface area (Å²) in [6.07, 6.45) is 1.22. The lowest BCUT2D eigenvalue weighted by Gasteiger charge is -2.13. The molecule has 1 unspecified atom stereocenters. The molecule has 2 N–H and O–H groups in total. The molecule has 2 aromatic rings. The van der Waals surface area contributed by atoms with Gasteiger partial charge in [-0.3, -0.25) is 4.79 Å². The SMILES string of the molecule is C=NS(=O)(=O)c1cn(C)c(C(=O)Nc2ccc(F)c(C#N)c2)c1OCCC(O)CC. The molecule has 2 rings (SSSR count). The van der Waals surface area contributed by atoms with Crippen molar-refractivity contribution in [2.75, 3.05) is 11.9 Å². The summed E-state index contributed by atoms with van der Waals surface area (Å²) in [6.45, 7) is 4.77. The van der Waals surface area contributed by atoms with Crippen LogP contribution in [0.3, 0.4) is 0 Å². The third-order valence-corrected chi connectivity index (χ3v) is 5.47. The predicted octanol–water partition coefficient (Wildman–Crippen LogP) is 2.22. The highest BCUT2D eigenvalue weighted by molar-refractivity contribution is 7.90. The molecule has 30 heavy (non-hydrogen) atoms. The van der Waals surface area contributed by atoms with Crippen LogP contribution in [0.1, 0.15) is 35.8 Å². The number of sulfonamides is 1. The van der Waals surface area contributed by atoms with Crippen LogP contribution in [0.2, 0.25) is 0 Å². The van der Waals surface area contributed by atoms with E-state index in [1.807, 2.05) is 0 Å². The minimum Gasteiger partial charge on any atom is -0.490 e. The van der Waals surface area contributed by atoms with E-state index in [4.69, 9.17) is 10.00 Å². The number of amides is 1. The van der Waals surface area contributed by atoms with E-state index in [1.54, 1.807) is 13.0 Å². The van der Waals surface area contributed by atoms with E-state index in [1.165, 1.54) is 17.7 Å². The van der Waals surface area contributed by atoms with Crippen molar-refractivity contribution in [2.45, 2.75) is 30.8 Å². The van der Waals surface area contributed by atoms with Crippen LogP contribution in [0.25, 0.3) is 0 Å². The van der Waals surface area contributed by atoms with Crippen molar-refractivity contribution in [3.63, 3.8) is 0 Å². The smallest absolute Gasteiger partial charge is 0.286 e. The number of nitrogens with one attached hydrogen (secondary N) is 1. The van der Waals surface area contributed by atoms with E-state index >= 15 is 0 Å². The summed E-state index contributed by atoms with van der Waals surface area (Å²) in [5.74, 6) is -1.73. The van der Waals surface area contributed by atoms with Gasteiger partial charge in [-0.15, -0.1) is 0 Å². The molecule has 11 heteroatoms. The number of anilines is 1. The van der Waals surface area contributed by atoms with Gasteiger partial charge in [0.1, 0.15) is 16.8 Å². The highest BCUT2D eigenvalue weighted by Gasteiger charge is 2.29. The van der Waals surface area contributed by atoms with Gasteiger partial charge in [-0.2, -0.15) is 18.1 Å². The fourth-order valence-electron chi connectivity index (χ4n) is 2.61. The van der Waals surface area contributed by atoms with Crippen LogP contribution in [-0.4, -0.2) is 43.4 Å². The Balaban J connectivity index is 2.43. The molecular weight excluding hydrogens is 415 g/mol. The van der Waals surface area contributed by atoms with Crippen molar-refractivity contribution < 1.29 is 27.4 Å². The van der Waals surface area contributed by atoms with Gasteiger partial charge in [-0.05, 0) is 24.6 Å². The van der Waals surface area contributed by atoms with Crippen LogP contribution in [0.15, 0.2) is 33.7 Å². The Morgan fingerprint density at radius 3 is 2.80 bits per heavy atom. The van der Waals surface area contributed by atoms with Crippen LogP contribution in [0, 0.1) is 17.1 Å². The number of aliphatic hydroxyl groups excluding tert-OH is 1. The van der Waals surface area contributed by atoms with Crippen molar-refractivity contribution in [3.05, 3.63) is 41.5 Å². The molecule has 1 aromatic heterocycles. The van der Waals surface area contributed by atoms with Crippen LogP contribution in [0.5, 0.6) is 5.75 Å². The molecule has 0 bridgehead atoms. The number of aryl methyl sites for hydroxylation is 1. The molecule has 9 nitrogen and oxygen atoms in total. The lowest BCUT2D eigenvalue weighted by Crippen LogP contribution is -2.18. The number of rotatable bonds is 9. The molecule has 0 aliphatic carbocycles. The lowest BCUT2D eigenvalue weighted by molar-refractivity contribution is 0.101. The third-order valence-electron chi connectivity index (χ3n) is 4.28. The zero-order valence-electron chi connectivity index (χ0n) is 16.4. The zero-order chi connectivity index (χ0) is 22.5. The first-order valence-electron chi connectivity index (χ1n) is 8.88. The third kappa shape index (κ3) is 5.03. The largest absolute Gasteiger partial charge is 0.490 e. The highest BCUT2D eigenvalue weighted by Crippen LogP contribution is 2.32. The van der Waals surface area contributed by atoms with E-state index in [-0.39, 0.29) is 40.6 Å². The molecule has 0 radical (unpaired) electrons. The Labute approximate surface area is 173 Å². The number of benzene rings is 1. The molecule has 160 valence electrons. The van der Waals surface area contributed by atoms with E-state index in [0.29, 0.717) is 6.42 Å². The van der Waals surface area contributed by atoms with Gasteiger partial charge < -0.3 is 19.7 Å². The van der Waals surface area contributed by atoms with E-state index in [9.17, 15) is 22.7 Å². The first-order chi connectivity index (χ1) is 14.1. The number of ether oxygens (including phenoxy) is 1. The summed E-state index contributed by atoms with van der Waals surface area (Å²) in [7, 11) is -2.74. The molecule has 1 aromatic carbocycles. The van der Waals surface area contributed by atoms with Crippen LogP contribution in [0.4, 0.5) is 10.1 Å². The maximum absolute atomic E-state index is 13.5. The number of aromatic nitrogens is 1. The van der Waals surface area contributed by atoms with Gasteiger partial charge in [-0.1, -0.05) is 6.92 Å². The number of nitrogens with zero attached hydrogens (tertiary/aromatic N) is 3. The van der Waals surface area contributed by atoms with Crippen LogP contribution >= 0.6 is 0 Å². The fraction of sp³-hybridized carbons (Fsp3) is 0.316. The molecular formula is C19H21FN4O5S. The molecule has 0 aliphatic heterocycles. The van der Waals surface area contributed by atoms with Gasteiger partial charge in [-0.25, -0.2) is 4.39 Å². The second kappa shape index (κ2) is 9.51. The molecule has 0 saturated carbocycles. The van der Waals surface area contributed by atoms with E-state index in [0.717, 1.165) is 18.3 Å². The van der Waals surface area contributed by atoms with E-state index in [2.05, 4.69) is 16.4 Å². The highest BCUT2D eigenvalue weighted by atomic mass is 32.2. The summed E-state index contributed by atoms with van der Waals surface area (Å²) in [6, 6.07) is 5.11. The molecule has 0 fully saturated rings. The van der Waals surface area contributed by atoms with Gasteiger partial charge >= 0.3 is 0 Å². The Bertz CT molecular complexity index is 1100. The second-order valence-electron chi connectivity index (χ2n) is 6.35. The molecule has 0 aliphatic rings. The van der Waals surface area contributed by atoms with Crippen molar-refractivity contribution in [1.29, 1.82) is 5.26 Å². The summed E-state index contributed by atoms with van der Waals surface area (Å²) in [5.41, 5.74) is -0.257. The number of aliphatic hydroxyl groups is 1. The number of nitriles is 1. The number of halogens is 1. The van der Waals surface area contributed by atoms with Crippen molar-refractivity contribution >= 4 is 28.3 Å². The van der Waals surface area contributed by atoms with Crippen LogP contribution in [-0.2, 0) is 17.1 Å². The summed E-state index contributed by atoms with van der Waals surface area (Å²) >= 11 is 0. The summed E-state index contributed by atoms with van der Waals surface area (Å²) in [4.78, 5) is 12.5. The topological polar surface area (TPSA) is 134 Å². The van der Waals surface area contributed by atoms with Crippen molar-refractivity contribution in [3.8, 4) is 11.8 Å². The van der Waals surface area contributed by atoms with Crippen LogP contribution < -0.4 is 10.1 Å². The monoisotopic (exact) mass is 436 g/mol. The van der Waals surface area contributed by atoms with Gasteiger partial charge in [0, 0.05) is 32.1 Å². The second-order valence-corrected chi connectivity index (χ2v) is 7.99. The normalized spacial score (nSPS) is 12.1. The molecule has 1 heterocycles. The Morgan fingerprint density at radius 1 is 1.50 bits per heavy atom. The number of hydrogen-bond donors (Lipinski definition) is 2. The first kappa shape index (κ1) is 23.1. The maximum atomic E-state index is 13.5. The molecule has 1 atom stereocenters. The van der Waals surface area contributed by atoms with Gasteiger partial charge in [0.25, 0.3) is 15.9 Å². The summed E-state index contributed by atoms with van der Waals surface area (Å²) in [5, 5.41) is 21.1. The van der Waals surface area contributed by atoms with E-state index < -0.39 is 27.9 Å². The Hall–Kier alpha value is -3.23. The maximum Gasteiger partial charge on any atom is 0.286 e. The predicted molar refractivity (Wildman–Crippen MR) is 108 cm³/mol.